The third kappa shape index (κ3) is 4.09. The SMILES string of the molecule is Cc1ccc(C#N)cc1OCCOCCCl. The molecule has 0 aliphatic rings. The van der Waals surface area contributed by atoms with Gasteiger partial charge >= 0.3 is 0 Å². The first-order chi connectivity index (χ1) is 7.77. The van der Waals surface area contributed by atoms with Crippen molar-refractivity contribution in [1.29, 1.82) is 5.26 Å². The minimum atomic E-state index is 0.465. The molecule has 1 aromatic carbocycles. The molecule has 0 aliphatic carbocycles. The molecule has 16 heavy (non-hydrogen) atoms. The summed E-state index contributed by atoms with van der Waals surface area (Å²) in [6, 6.07) is 7.45. The quantitative estimate of drug-likeness (QED) is 0.566. The van der Waals surface area contributed by atoms with Crippen LogP contribution >= 0.6 is 11.6 Å². The number of nitrogens with zero attached hydrogens (tertiary/aromatic N) is 1. The van der Waals surface area contributed by atoms with E-state index in [1.54, 1.807) is 12.1 Å². The standard InChI is InChI=1S/C12H14ClNO2/c1-10-2-3-11(9-14)8-12(10)16-7-6-15-5-4-13/h2-3,8H,4-7H2,1H3. The molecule has 0 fully saturated rings. The maximum absolute atomic E-state index is 8.75. The highest BCUT2D eigenvalue weighted by molar-refractivity contribution is 6.17. The van der Waals surface area contributed by atoms with Crippen LogP contribution in [0, 0.1) is 18.3 Å². The molecule has 1 rings (SSSR count). The molecule has 0 atom stereocenters. The molecular weight excluding hydrogens is 226 g/mol. The van der Waals surface area contributed by atoms with Crippen molar-refractivity contribution in [3.05, 3.63) is 29.3 Å². The number of benzene rings is 1. The Morgan fingerprint density at radius 2 is 2.12 bits per heavy atom. The van der Waals surface area contributed by atoms with Crippen molar-refractivity contribution >= 4 is 11.6 Å². The van der Waals surface area contributed by atoms with Gasteiger partial charge in [-0.1, -0.05) is 6.07 Å². The molecule has 86 valence electrons. The largest absolute Gasteiger partial charge is 0.491 e. The summed E-state index contributed by atoms with van der Waals surface area (Å²) in [5.41, 5.74) is 1.61. The number of nitriles is 1. The number of hydrogen-bond acceptors (Lipinski definition) is 3. The number of halogens is 1. The summed E-state index contributed by atoms with van der Waals surface area (Å²) in [4.78, 5) is 0. The first-order valence-electron chi connectivity index (χ1n) is 5.05. The predicted octanol–water partition coefficient (Wildman–Crippen LogP) is 2.50. The fourth-order valence-corrected chi connectivity index (χ4v) is 1.30. The van der Waals surface area contributed by atoms with Crippen LogP contribution in [0.25, 0.3) is 0 Å². The monoisotopic (exact) mass is 239 g/mol. The van der Waals surface area contributed by atoms with Gasteiger partial charge in [0.2, 0.25) is 0 Å². The van der Waals surface area contributed by atoms with Gasteiger partial charge < -0.3 is 9.47 Å². The average molecular weight is 240 g/mol. The molecule has 0 aliphatic heterocycles. The molecule has 1 aromatic rings. The predicted molar refractivity (Wildman–Crippen MR) is 62.9 cm³/mol. The Bertz CT molecular complexity index is 374. The lowest BCUT2D eigenvalue weighted by Crippen LogP contribution is -2.08. The average Bonchev–Trinajstić information content (AvgIpc) is 2.31. The molecule has 0 radical (unpaired) electrons. The van der Waals surface area contributed by atoms with Gasteiger partial charge in [0.05, 0.1) is 24.8 Å². The highest BCUT2D eigenvalue weighted by Crippen LogP contribution is 2.18. The van der Waals surface area contributed by atoms with Gasteiger partial charge in [0.15, 0.2) is 0 Å². The van der Waals surface area contributed by atoms with Gasteiger partial charge in [0.25, 0.3) is 0 Å². The highest BCUT2D eigenvalue weighted by Gasteiger charge is 2.01. The lowest BCUT2D eigenvalue weighted by Gasteiger charge is -2.09. The van der Waals surface area contributed by atoms with Crippen LogP contribution in [0.4, 0.5) is 0 Å². The van der Waals surface area contributed by atoms with E-state index in [0.29, 0.717) is 31.3 Å². The van der Waals surface area contributed by atoms with Crippen LogP contribution in [-0.4, -0.2) is 25.7 Å². The molecule has 0 spiro atoms. The zero-order chi connectivity index (χ0) is 11.8. The van der Waals surface area contributed by atoms with Gasteiger partial charge in [-0.25, -0.2) is 0 Å². The summed E-state index contributed by atoms with van der Waals surface area (Å²) in [5.74, 6) is 1.22. The fraction of sp³-hybridized carbons (Fsp3) is 0.417. The van der Waals surface area contributed by atoms with Crippen molar-refractivity contribution in [2.75, 3.05) is 25.7 Å². The summed E-state index contributed by atoms with van der Waals surface area (Å²) in [6.45, 7) is 3.44. The van der Waals surface area contributed by atoms with Gasteiger partial charge in [-0.3, -0.25) is 0 Å². The van der Waals surface area contributed by atoms with Crippen molar-refractivity contribution in [3.8, 4) is 11.8 Å². The summed E-state index contributed by atoms with van der Waals surface area (Å²) in [7, 11) is 0. The van der Waals surface area contributed by atoms with E-state index in [2.05, 4.69) is 6.07 Å². The van der Waals surface area contributed by atoms with Gasteiger partial charge in [-0.15, -0.1) is 11.6 Å². The summed E-state index contributed by atoms with van der Waals surface area (Å²) < 4.78 is 10.7. The Balaban J connectivity index is 2.44. The lowest BCUT2D eigenvalue weighted by molar-refractivity contribution is 0.111. The fourth-order valence-electron chi connectivity index (χ4n) is 1.19. The van der Waals surface area contributed by atoms with Crippen LogP contribution in [0.2, 0.25) is 0 Å². The first-order valence-corrected chi connectivity index (χ1v) is 5.58. The first kappa shape index (κ1) is 12.8. The number of alkyl halides is 1. The Labute approximate surface area is 101 Å². The Hall–Kier alpha value is -1.24. The van der Waals surface area contributed by atoms with Crippen molar-refractivity contribution < 1.29 is 9.47 Å². The Kier molecular flexibility index (Phi) is 5.69. The molecule has 0 aromatic heterocycles. The van der Waals surface area contributed by atoms with Crippen molar-refractivity contribution in [2.24, 2.45) is 0 Å². The molecule has 0 unspecified atom stereocenters. The van der Waals surface area contributed by atoms with E-state index in [1.807, 2.05) is 13.0 Å². The van der Waals surface area contributed by atoms with Crippen LogP contribution in [0.1, 0.15) is 11.1 Å². The van der Waals surface area contributed by atoms with Gasteiger partial charge in [-0.2, -0.15) is 5.26 Å². The molecule has 0 amide bonds. The number of aryl methyl sites for hydroxylation is 1. The van der Waals surface area contributed by atoms with Crippen LogP contribution in [-0.2, 0) is 4.74 Å². The van der Waals surface area contributed by atoms with Crippen LogP contribution in [0.5, 0.6) is 5.75 Å². The maximum atomic E-state index is 8.75. The maximum Gasteiger partial charge on any atom is 0.123 e. The van der Waals surface area contributed by atoms with E-state index >= 15 is 0 Å². The van der Waals surface area contributed by atoms with Gasteiger partial charge in [-0.05, 0) is 24.6 Å². The minimum absolute atomic E-state index is 0.465. The van der Waals surface area contributed by atoms with Gasteiger partial charge in [0, 0.05) is 5.88 Å². The van der Waals surface area contributed by atoms with Crippen molar-refractivity contribution in [2.45, 2.75) is 6.92 Å². The second-order valence-corrected chi connectivity index (χ2v) is 3.62. The van der Waals surface area contributed by atoms with E-state index in [-0.39, 0.29) is 0 Å². The van der Waals surface area contributed by atoms with Crippen molar-refractivity contribution in [1.82, 2.24) is 0 Å². The third-order valence-corrected chi connectivity index (χ3v) is 2.18. The van der Waals surface area contributed by atoms with E-state index < -0.39 is 0 Å². The van der Waals surface area contributed by atoms with Crippen molar-refractivity contribution in [3.63, 3.8) is 0 Å². The van der Waals surface area contributed by atoms with Crippen LogP contribution in [0.3, 0.4) is 0 Å². The second kappa shape index (κ2) is 7.10. The number of hydrogen-bond donors (Lipinski definition) is 0. The molecule has 0 N–H and O–H groups in total. The van der Waals surface area contributed by atoms with E-state index in [9.17, 15) is 0 Å². The summed E-state index contributed by atoms with van der Waals surface area (Å²) in [6.07, 6.45) is 0. The Morgan fingerprint density at radius 1 is 1.31 bits per heavy atom. The molecule has 3 nitrogen and oxygen atoms in total. The molecule has 0 saturated heterocycles. The van der Waals surface area contributed by atoms with E-state index in [0.717, 1.165) is 11.3 Å². The summed E-state index contributed by atoms with van der Waals surface area (Å²) in [5, 5.41) is 8.75. The zero-order valence-electron chi connectivity index (χ0n) is 9.20. The normalized spacial score (nSPS) is 9.81. The third-order valence-electron chi connectivity index (χ3n) is 2.02. The highest BCUT2D eigenvalue weighted by atomic mass is 35.5. The zero-order valence-corrected chi connectivity index (χ0v) is 9.96. The minimum Gasteiger partial charge on any atom is -0.491 e. The van der Waals surface area contributed by atoms with Gasteiger partial charge in [0.1, 0.15) is 12.4 Å². The lowest BCUT2D eigenvalue weighted by atomic mass is 10.1. The second-order valence-electron chi connectivity index (χ2n) is 3.24. The van der Waals surface area contributed by atoms with E-state index in [1.165, 1.54) is 0 Å². The molecule has 0 saturated carbocycles. The molecular formula is C12H14ClNO2. The topological polar surface area (TPSA) is 42.2 Å². The van der Waals surface area contributed by atoms with Crippen LogP contribution < -0.4 is 4.74 Å². The molecule has 0 heterocycles. The molecule has 4 heteroatoms. The molecule has 0 bridgehead atoms. The number of ether oxygens (including phenoxy) is 2. The number of rotatable bonds is 6. The van der Waals surface area contributed by atoms with Crippen LogP contribution in [0.15, 0.2) is 18.2 Å². The smallest absolute Gasteiger partial charge is 0.123 e. The Morgan fingerprint density at radius 3 is 2.81 bits per heavy atom. The van der Waals surface area contributed by atoms with E-state index in [4.69, 9.17) is 26.3 Å². The summed E-state index contributed by atoms with van der Waals surface area (Å²) >= 11 is 5.46.